The van der Waals surface area contributed by atoms with Crippen LogP contribution in [-0.2, 0) is 18.5 Å². The number of pyridine rings is 2. The summed E-state index contributed by atoms with van der Waals surface area (Å²) in [5, 5.41) is 3.82. The summed E-state index contributed by atoms with van der Waals surface area (Å²) in [6.07, 6.45) is 9.14. The molecule has 9 rings (SSSR count). The molecule has 0 saturated carbocycles. The van der Waals surface area contributed by atoms with Crippen LogP contribution in [0, 0.1) is 0 Å². The summed E-state index contributed by atoms with van der Waals surface area (Å²) in [5.41, 5.74) is 9.62. The molecule has 36 heavy (non-hydrogen) atoms. The molecule has 1 aliphatic carbocycles. The Bertz CT molecular complexity index is 1870. The van der Waals surface area contributed by atoms with Crippen molar-refractivity contribution in [1.82, 2.24) is 0 Å². The minimum absolute atomic E-state index is 0.497. The fourth-order valence-electron chi connectivity index (χ4n) is 7.33. The Kier molecular flexibility index (Phi) is 3.43. The van der Waals surface area contributed by atoms with E-state index in [0.29, 0.717) is 0 Å². The first-order valence-electron chi connectivity index (χ1n) is 13.0. The topological polar surface area (TPSA) is 20.9 Å². The van der Waals surface area contributed by atoms with E-state index in [1.807, 2.05) is 0 Å². The van der Waals surface area contributed by atoms with Crippen molar-refractivity contribution < 1.29 is 13.6 Å². The number of rotatable bonds is 0. The fraction of sp³-hybridized carbons (Fsp3) is 0.152. The predicted molar refractivity (Wildman–Crippen MR) is 140 cm³/mol. The zero-order valence-corrected chi connectivity index (χ0v) is 19.9. The molecule has 2 aliphatic heterocycles. The molecular formula is C33H24N2O+2. The number of aryl methyl sites for hydroxylation is 2. The lowest BCUT2D eigenvalue weighted by Gasteiger charge is -2.17. The average Bonchev–Trinajstić information content (AvgIpc) is 3.57. The van der Waals surface area contributed by atoms with Crippen LogP contribution in [0.3, 0.4) is 0 Å². The molecular weight excluding hydrogens is 440 g/mol. The van der Waals surface area contributed by atoms with Crippen molar-refractivity contribution in [2.45, 2.75) is 31.3 Å². The predicted octanol–water partition coefficient (Wildman–Crippen LogP) is 6.30. The van der Waals surface area contributed by atoms with E-state index in [9.17, 15) is 0 Å². The molecule has 3 aromatic carbocycles. The summed E-state index contributed by atoms with van der Waals surface area (Å²) >= 11 is 0. The number of nitrogens with zero attached hydrogens (tertiary/aromatic N) is 2. The Labute approximate surface area is 208 Å². The van der Waals surface area contributed by atoms with Gasteiger partial charge in [-0.2, -0.15) is 0 Å². The van der Waals surface area contributed by atoms with E-state index in [1.54, 1.807) is 0 Å². The second-order valence-electron chi connectivity index (χ2n) is 10.4. The van der Waals surface area contributed by atoms with Crippen LogP contribution < -0.4 is 9.13 Å². The molecule has 3 aromatic heterocycles. The van der Waals surface area contributed by atoms with Crippen LogP contribution in [-0.4, -0.2) is 0 Å². The molecule has 3 heteroatoms. The van der Waals surface area contributed by atoms with Gasteiger partial charge in [0.1, 0.15) is 28.0 Å². The van der Waals surface area contributed by atoms with Crippen molar-refractivity contribution in [3.8, 4) is 22.5 Å². The second kappa shape index (κ2) is 6.50. The zero-order chi connectivity index (χ0) is 23.4. The van der Waals surface area contributed by atoms with Gasteiger partial charge in [-0.3, -0.25) is 0 Å². The Morgan fingerprint density at radius 3 is 2.53 bits per heavy atom. The lowest BCUT2D eigenvalue weighted by Crippen LogP contribution is -2.71. The fourth-order valence-corrected chi connectivity index (χ4v) is 7.33. The molecule has 0 saturated heterocycles. The lowest BCUT2D eigenvalue weighted by atomic mass is 9.88. The maximum absolute atomic E-state index is 6.80. The molecule has 0 amide bonds. The Morgan fingerprint density at radius 1 is 0.667 bits per heavy atom. The van der Waals surface area contributed by atoms with Crippen LogP contribution in [0.1, 0.15) is 35.3 Å². The third-order valence-corrected chi connectivity index (χ3v) is 8.73. The molecule has 0 radical (unpaired) electrons. The van der Waals surface area contributed by atoms with E-state index in [4.69, 9.17) is 4.42 Å². The quantitative estimate of drug-likeness (QED) is 0.241. The van der Waals surface area contributed by atoms with Gasteiger partial charge in [0.25, 0.3) is 0 Å². The standard InChI is InChI=1S/C33H24N2O/c1-2-10-22-21(9-1)18-20-35-31(22)30-27(17-16-24-23-11-4-6-15-29(23)36-32(24)30)33(35)26-13-5-3-12-25(26)28-14-7-8-19-34(28)33/h1-3,5,7-10,12-14,16-20H,4,6,11,15H2/q+2. The summed E-state index contributed by atoms with van der Waals surface area (Å²) in [7, 11) is 0. The highest BCUT2D eigenvalue weighted by molar-refractivity contribution is 6.04. The maximum atomic E-state index is 6.80. The van der Waals surface area contributed by atoms with Gasteiger partial charge < -0.3 is 4.42 Å². The molecule has 0 bridgehead atoms. The SMILES string of the molecule is c1ccc2c(c1)-c1cccc[n+]1C21c2ccc3c4c(oc3c2-c2c3ccccc3cc[n+]21)CCCC4. The van der Waals surface area contributed by atoms with Crippen LogP contribution in [0.25, 0.3) is 44.3 Å². The van der Waals surface area contributed by atoms with Gasteiger partial charge >= 0.3 is 5.66 Å². The minimum atomic E-state index is -0.497. The molecule has 6 aromatic rings. The van der Waals surface area contributed by atoms with Crippen LogP contribution >= 0.6 is 0 Å². The normalized spacial score (nSPS) is 18.8. The molecule has 0 fully saturated rings. The Balaban J connectivity index is 1.54. The second-order valence-corrected chi connectivity index (χ2v) is 10.4. The Morgan fingerprint density at radius 2 is 1.53 bits per heavy atom. The summed E-state index contributed by atoms with van der Waals surface area (Å²) in [5.74, 6) is 1.19. The number of aromatic nitrogens is 2. The number of hydrogen-bond acceptors (Lipinski definition) is 1. The number of furan rings is 1. The van der Waals surface area contributed by atoms with Crippen molar-refractivity contribution in [3.05, 3.63) is 120 Å². The average molecular weight is 465 g/mol. The van der Waals surface area contributed by atoms with E-state index in [1.165, 1.54) is 74.0 Å². The van der Waals surface area contributed by atoms with Crippen molar-refractivity contribution in [1.29, 1.82) is 0 Å². The summed E-state index contributed by atoms with van der Waals surface area (Å²) < 4.78 is 11.8. The van der Waals surface area contributed by atoms with Crippen molar-refractivity contribution >= 4 is 21.7 Å². The summed E-state index contributed by atoms with van der Waals surface area (Å²) in [6.45, 7) is 0. The molecule has 3 nitrogen and oxygen atoms in total. The van der Waals surface area contributed by atoms with Gasteiger partial charge in [-0.15, -0.1) is 9.13 Å². The number of fused-ring (bicyclic) bond motifs is 16. The van der Waals surface area contributed by atoms with Crippen molar-refractivity contribution in [2.75, 3.05) is 0 Å². The number of hydrogen-bond donors (Lipinski definition) is 0. The Hall–Kier alpha value is -4.24. The van der Waals surface area contributed by atoms with Crippen LogP contribution in [0.2, 0.25) is 0 Å². The van der Waals surface area contributed by atoms with Gasteiger partial charge in [-0.1, -0.05) is 30.3 Å². The first-order valence-corrected chi connectivity index (χ1v) is 13.0. The van der Waals surface area contributed by atoms with E-state index in [2.05, 4.69) is 106 Å². The monoisotopic (exact) mass is 464 g/mol. The zero-order valence-electron chi connectivity index (χ0n) is 19.9. The summed E-state index contributed by atoms with van der Waals surface area (Å²) in [6, 6.07) is 31.2. The van der Waals surface area contributed by atoms with E-state index in [-0.39, 0.29) is 0 Å². The third-order valence-electron chi connectivity index (χ3n) is 8.73. The van der Waals surface area contributed by atoms with Crippen molar-refractivity contribution in [3.63, 3.8) is 0 Å². The highest BCUT2D eigenvalue weighted by atomic mass is 16.3. The first kappa shape index (κ1) is 19.0. The smallest absolute Gasteiger partial charge is 0.417 e. The molecule has 1 atom stereocenters. The first-order chi connectivity index (χ1) is 17.9. The third kappa shape index (κ3) is 2.04. The largest absolute Gasteiger partial charge is 0.460 e. The molecule has 1 spiro atoms. The van der Waals surface area contributed by atoms with Gasteiger partial charge in [0.2, 0.25) is 11.4 Å². The molecule has 170 valence electrons. The van der Waals surface area contributed by atoms with Crippen LogP contribution in [0.5, 0.6) is 0 Å². The highest BCUT2D eigenvalue weighted by Gasteiger charge is 2.67. The lowest BCUT2D eigenvalue weighted by molar-refractivity contribution is -0.954. The van der Waals surface area contributed by atoms with Gasteiger partial charge in [-0.25, -0.2) is 0 Å². The van der Waals surface area contributed by atoms with Gasteiger partial charge in [0, 0.05) is 35.6 Å². The number of benzene rings is 3. The minimum Gasteiger partial charge on any atom is -0.460 e. The van der Waals surface area contributed by atoms with Gasteiger partial charge in [-0.05, 0) is 61.0 Å². The van der Waals surface area contributed by atoms with E-state index >= 15 is 0 Å². The van der Waals surface area contributed by atoms with Crippen molar-refractivity contribution in [2.24, 2.45) is 0 Å². The van der Waals surface area contributed by atoms with E-state index < -0.39 is 5.66 Å². The molecule has 1 unspecified atom stereocenters. The van der Waals surface area contributed by atoms with Crippen LogP contribution in [0.4, 0.5) is 0 Å². The van der Waals surface area contributed by atoms with Crippen LogP contribution in [0.15, 0.2) is 102 Å². The molecule has 3 aliphatic rings. The molecule has 5 heterocycles. The highest BCUT2D eigenvalue weighted by Crippen LogP contribution is 2.51. The van der Waals surface area contributed by atoms with E-state index in [0.717, 1.165) is 18.4 Å². The van der Waals surface area contributed by atoms with Gasteiger partial charge in [0.15, 0.2) is 12.4 Å². The molecule has 0 N–H and O–H groups in total. The summed E-state index contributed by atoms with van der Waals surface area (Å²) in [4.78, 5) is 0. The van der Waals surface area contributed by atoms with Gasteiger partial charge in [0.05, 0.1) is 10.9 Å². The maximum Gasteiger partial charge on any atom is 0.417 e.